The number of nitrogens with zero attached hydrogens (tertiary/aromatic N) is 1. The molecule has 0 aliphatic heterocycles. The first-order valence-electron chi connectivity index (χ1n) is 10.7. The Hall–Kier alpha value is -3.67. The average molecular weight is 431 g/mol. The van der Waals surface area contributed by atoms with Gasteiger partial charge in [-0.05, 0) is 67.1 Å². The number of ether oxygens (including phenoxy) is 1. The van der Waals surface area contributed by atoms with E-state index in [1.165, 1.54) is 0 Å². The van der Waals surface area contributed by atoms with Crippen molar-refractivity contribution in [2.45, 2.75) is 31.7 Å². The van der Waals surface area contributed by atoms with E-state index < -0.39 is 17.9 Å². The number of para-hydroxylation sites is 1. The molecule has 0 amide bonds. The summed E-state index contributed by atoms with van der Waals surface area (Å²) in [5.74, 6) is -0.754. The lowest BCUT2D eigenvalue weighted by atomic mass is 9.90. The van der Waals surface area contributed by atoms with E-state index in [0.717, 1.165) is 39.7 Å². The van der Waals surface area contributed by atoms with Crippen molar-refractivity contribution in [1.82, 2.24) is 0 Å². The zero-order valence-electron chi connectivity index (χ0n) is 17.9. The van der Waals surface area contributed by atoms with Crippen LogP contribution in [-0.2, 0) is 11.2 Å². The van der Waals surface area contributed by atoms with Gasteiger partial charge < -0.3 is 14.3 Å². The maximum Gasteiger partial charge on any atom is 0.306 e. The molecule has 0 bridgehead atoms. The summed E-state index contributed by atoms with van der Waals surface area (Å²) in [6, 6.07) is 20.2. The van der Waals surface area contributed by atoms with Gasteiger partial charge in [0.15, 0.2) is 0 Å². The number of rotatable bonds is 10. The molecule has 32 heavy (non-hydrogen) atoms. The zero-order valence-corrected chi connectivity index (χ0v) is 17.9. The van der Waals surface area contributed by atoms with Crippen molar-refractivity contribution in [3.8, 4) is 5.75 Å². The molecule has 1 N–H and O–H groups in total. The fraction of sp³-hybridized carbons (Fsp3) is 0.269. The van der Waals surface area contributed by atoms with Crippen molar-refractivity contribution in [2.75, 3.05) is 7.11 Å². The summed E-state index contributed by atoms with van der Waals surface area (Å²) >= 11 is 0. The standard InChI is InChI=1S/C26H25NO5/c1-31-20-12-9-17(10-13-20)5-4-6-19(26(28)29)16-23(27-30)18-11-14-25-22(15-18)21-7-2-3-8-24(21)32-25/h2-3,7-15,19,23H,4-6,16H2,1H3,(H,28,29). The van der Waals surface area contributed by atoms with Crippen molar-refractivity contribution in [1.29, 1.82) is 0 Å². The predicted molar refractivity (Wildman–Crippen MR) is 124 cm³/mol. The minimum atomic E-state index is -0.900. The Balaban J connectivity index is 1.46. The monoisotopic (exact) mass is 431 g/mol. The quantitative estimate of drug-likeness (QED) is 0.289. The molecular formula is C26H25NO5. The van der Waals surface area contributed by atoms with Crippen LogP contribution in [0.4, 0.5) is 0 Å². The van der Waals surface area contributed by atoms with Gasteiger partial charge in [-0.3, -0.25) is 4.79 Å². The number of furan rings is 1. The first-order chi connectivity index (χ1) is 15.6. The summed E-state index contributed by atoms with van der Waals surface area (Å²) in [5.41, 5.74) is 3.34. The lowest BCUT2D eigenvalue weighted by Crippen LogP contribution is -2.17. The number of benzene rings is 3. The minimum absolute atomic E-state index is 0.169. The van der Waals surface area contributed by atoms with Crippen molar-refractivity contribution in [2.24, 2.45) is 11.1 Å². The van der Waals surface area contributed by atoms with Gasteiger partial charge in [0.2, 0.25) is 0 Å². The summed E-state index contributed by atoms with van der Waals surface area (Å²) < 4.78 is 11.0. The Morgan fingerprint density at radius 1 is 1.03 bits per heavy atom. The highest BCUT2D eigenvalue weighted by Crippen LogP contribution is 2.34. The van der Waals surface area contributed by atoms with Crippen LogP contribution in [0.1, 0.15) is 36.4 Å². The lowest BCUT2D eigenvalue weighted by molar-refractivity contribution is -0.142. The molecule has 6 nitrogen and oxygen atoms in total. The van der Waals surface area contributed by atoms with E-state index in [1.807, 2.05) is 60.7 Å². The second kappa shape index (κ2) is 9.64. The average Bonchev–Trinajstić information content (AvgIpc) is 3.19. The van der Waals surface area contributed by atoms with Crippen LogP contribution >= 0.6 is 0 Å². The maximum absolute atomic E-state index is 11.9. The third-order valence-corrected chi connectivity index (χ3v) is 5.95. The molecule has 0 fully saturated rings. The third-order valence-electron chi connectivity index (χ3n) is 5.95. The molecule has 164 valence electrons. The molecule has 2 atom stereocenters. The fourth-order valence-electron chi connectivity index (χ4n) is 4.15. The van der Waals surface area contributed by atoms with Gasteiger partial charge in [-0.2, -0.15) is 4.91 Å². The second-order valence-corrected chi connectivity index (χ2v) is 7.99. The largest absolute Gasteiger partial charge is 0.497 e. The number of carboxylic acid groups (broad SMARTS) is 1. The van der Waals surface area contributed by atoms with E-state index in [-0.39, 0.29) is 6.42 Å². The number of methoxy groups -OCH3 is 1. The van der Waals surface area contributed by atoms with Gasteiger partial charge in [-0.25, -0.2) is 0 Å². The highest BCUT2D eigenvalue weighted by atomic mass is 16.5. The van der Waals surface area contributed by atoms with Crippen molar-refractivity contribution in [3.63, 3.8) is 0 Å². The highest BCUT2D eigenvalue weighted by molar-refractivity contribution is 6.05. The predicted octanol–water partition coefficient (Wildman–Crippen LogP) is 6.52. The molecule has 4 rings (SSSR count). The smallest absolute Gasteiger partial charge is 0.306 e. The molecule has 1 aromatic heterocycles. The number of nitroso groups, excluding NO2 is 1. The van der Waals surface area contributed by atoms with Crippen molar-refractivity contribution >= 4 is 27.9 Å². The first-order valence-corrected chi connectivity index (χ1v) is 10.7. The third kappa shape index (κ3) is 4.64. The molecule has 1 heterocycles. The molecule has 0 radical (unpaired) electrons. The summed E-state index contributed by atoms with van der Waals surface area (Å²) in [7, 11) is 1.62. The van der Waals surface area contributed by atoms with Crippen LogP contribution in [-0.4, -0.2) is 18.2 Å². The van der Waals surface area contributed by atoms with Crippen LogP contribution in [0.25, 0.3) is 21.9 Å². The van der Waals surface area contributed by atoms with E-state index in [1.54, 1.807) is 13.2 Å². The van der Waals surface area contributed by atoms with Crippen LogP contribution in [0.5, 0.6) is 5.75 Å². The van der Waals surface area contributed by atoms with Gasteiger partial charge in [-0.1, -0.05) is 41.6 Å². The van der Waals surface area contributed by atoms with Crippen molar-refractivity contribution < 1.29 is 19.1 Å². The Morgan fingerprint density at radius 2 is 1.78 bits per heavy atom. The van der Waals surface area contributed by atoms with Gasteiger partial charge in [-0.15, -0.1) is 0 Å². The molecule has 0 aliphatic carbocycles. The number of fused-ring (bicyclic) bond motifs is 3. The molecule has 0 aliphatic rings. The van der Waals surface area contributed by atoms with Gasteiger partial charge in [0, 0.05) is 10.8 Å². The summed E-state index contributed by atoms with van der Waals surface area (Å²) in [4.78, 5) is 23.6. The molecule has 0 spiro atoms. The number of aryl methyl sites for hydroxylation is 1. The summed E-state index contributed by atoms with van der Waals surface area (Å²) in [5, 5.41) is 14.9. The molecule has 0 saturated carbocycles. The van der Waals surface area contributed by atoms with Gasteiger partial charge in [0.25, 0.3) is 0 Å². The molecule has 4 aromatic rings. The molecule has 6 heteroatoms. The Morgan fingerprint density at radius 3 is 2.50 bits per heavy atom. The summed E-state index contributed by atoms with van der Waals surface area (Å²) in [6.45, 7) is 0. The van der Waals surface area contributed by atoms with Gasteiger partial charge >= 0.3 is 5.97 Å². The number of hydrogen-bond acceptors (Lipinski definition) is 5. The van der Waals surface area contributed by atoms with Crippen molar-refractivity contribution in [3.05, 3.63) is 82.8 Å². The zero-order chi connectivity index (χ0) is 22.5. The van der Waals surface area contributed by atoms with Crippen LogP contribution in [0.15, 0.2) is 76.3 Å². The van der Waals surface area contributed by atoms with Gasteiger partial charge in [0.1, 0.15) is 23.0 Å². The van der Waals surface area contributed by atoms with Crippen LogP contribution in [0.3, 0.4) is 0 Å². The van der Waals surface area contributed by atoms with E-state index in [0.29, 0.717) is 18.4 Å². The van der Waals surface area contributed by atoms with Crippen LogP contribution in [0, 0.1) is 10.8 Å². The number of carboxylic acids is 1. The highest BCUT2D eigenvalue weighted by Gasteiger charge is 2.25. The minimum Gasteiger partial charge on any atom is -0.497 e. The molecular weight excluding hydrogens is 406 g/mol. The van der Waals surface area contributed by atoms with Crippen LogP contribution in [0.2, 0.25) is 0 Å². The van der Waals surface area contributed by atoms with E-state index in [9.17, 15) is 14.8 Å². The van der Waals surface area contributed by atoms with E-state index in [2.05, 4.69) is 5.18 Å². The fourth-order valence-corrected chi connectivity index (χ4v) is 4.15. The Bertz CT molecular complexity index is 1230. The number of hydrogen-bond donors (Lipinski definition) is 1. The SMILES string of the molecule is COc1ccc(CCCC(CC(N=O)c2ccc3oc4ccccc4c3c2)C(=O)O)cc1. The lowest BCUT2D eigenvalue weighted by Gasteiger charge is -2.16. The van der Waals surface area contributed by atoms with Gasteiger partial charge in [0.05, 0.1) is 13.0 Å². The maximum atomic E-state index is 11.9. The van der Waals surface area contributed by atoms with E-state index >= 15 is 0 Å². The second-order valence-electron chi connectivity index (χ2n) is 7.99. The number of carbonyl (C=O) groups is 1. The first kappa shape index (κ1) is 21.6. The molecule has 2 unspecified atom stereocenters. The Kier molecular flexibility index (Phi) is 6.50. The summed E-state index contributed by atoms with van der Waals surface area (Å²) in [6.07, 6.45) is 2.12. The number of aliphatic carboxylic acids is 1. The van der Waals surface area contributed by atoms with Crippen LogP contribution < -0.4 is 4.74 Å². The topological polar surface area (TPSA) is 89.1 Å². The molecule has 0 saturated heterocycles. The normalized spacial score (nSPS) is 13.2. The van der Waals surface area contributed by atoms with E-state index in [4.69, 9.17) is 9.15 Å². The molecule has 3 aromatic carbocycles. The Labute approximate surface area is 185 Å².